The van der Waals surface area contributed by atoms with Crippen molar-refractivity contribution in [2.75, 3.05) is 11.4 Å². The number of nitrogens with zero attached hydrogens (tertiary/aromatic N) is 1. The van der Waals surface area contributed by atoms with Crippen LogP contribution in [0, 0.1) is 5.82 Å². The van der Waals surface area contributed by atoms with Gasteiger partial charge in [0.15, 0.2) is 0 Å². The van der Waals surface area contributed by atoms with Gasteiger partial charge in [-0.05, 0) is 35.9 Å². The number of halogens is 2. The number of hydrogen-bond acceptors (Lipinski definition) is 2. The number of anilines is 1. The van der Waals surface area contributed by atoms with E-state index < -0.39 is 11.7 Å². The molecule has 2 amide bonds. The maximum Gasteiger partial charge on any atom is 0.231 e. The van der Waals surface area contributed by atoms with Crippen molar-refractivity contribution in [3.05, 3.63) is 64.9 Å². The summed E-state index contributed by atoms with van der Waals surface area (Å²) in [6.45, 7) is 0.129. The highest BCUT2D eigenvalue weighted by Gasteiger charge is 2.18. The van der Waals surface area contributed by atoms with Crippen molar-refractivity contribution < 1.29 is 14.0 Å². The summed E-state index contributed by atoms with van der Waals surface area (Å²) in [4.78, 5) is 25.0. The van der Waals surface area contributed by atoms with Crippen molar-refractivity contribution >= 4 is 29.1 Å². The molecule has 0 saturated carbocycles. The summed E-state index contributed by atoms with van der Waals surface area (Å²) in [7, 11) is 0. The zero-order valence-electron chi connectivity index (χ0n) is 12.3. The van der Waals surface area contributed by atoms with E-state index in [1.807, 2.05) is 0 Å². The van der Waals surface area contributed by atoms with Crippen molar-refractivity contribution in [3.63, 3.8) is 0 Å². The lowest BCUT2D eigenvalue weighted by Gasteiger charge is -2.22. The van der Waals surface area contributed by atoms with Crippen molar-refractivity contribution in [3.8, 4) is 0 Å². The van der Waals surface area contributed by atoms with E-state index in [4.69, 9.17) is 17.3 Å². The molecule has 6 heteroatoms. The summed E-state index contributed by atoms with van der Waals surface area (Å²) in [6, 6.07) is 12.5. The zero-order valence-corrected chi connectivity index (χ0v) is 13.1. The van der Waals surface area contributed by atoms with Crippen molar-refractivity contribution in [1.29, 1.82) is 0 Å². The lowest BCUT2D eigenvalue weighted by molar-refractivity contribution is -0.118. The molecular formula is C17H16ClFN2O2. The SMILES string of the molecule is NC(=O)CCN(C(=O)Cc1ccccc1Cl)c1ccc(F)cc1. The molecule has 0 spiro atoms. The summed E-state index contributed by atoms with van der Waals surface area (Å²) in [5.41, 5.74) is 6.35. The number of hydrogen-bond donors (Lipinski definition) is 1. The first kappa shape index (κ1) is 17.0. The second-order valence-electron chi connectivity index (χ2n) is 5.01. The zero-order chi connectivity index (χ0) is 16.8. The van der Waals surface area contributed by atoms with Gasteiger partial charge in [0, 0.05) is 23.7 Å². The molecule has 0 radical (unpaired) electrons. The van der Waals surface area contributed by atoms with Gasteiger partial charge in [-0.2, -0.15) is 0 Å². The van der Waals surface area contributed by atoms with E-state index in [1.165, 1.54) is 29.2 Å². The predicted octanol–water partition coefficient (Wildman–Crippen LogP) is 2.93. The van der Waals surface area contributed by atoms with E-state index in [9.17, 15) is 14.0 Å². The van der Waals surface area contributed by atoms with Crippen LogP contribution in [0.4, 0.5) is 10.1 Å². The number of primary amides is 1. The Bertz CT molecular complexity index is 704. The minimum absolute atomic E-state index is 0.0195. The Morgan fingerprint density at radius 2 is 1.74 bits per heavy atom. The van der Waals surface area contributed by atoms with Crippen LogP contribution in [-0.2, 0) is 16.0 Å². The minimum atomic E-state index is -0.511. The molecule has 0 atom stereocenters. The fraction of sp³-hybridized carbons (Fsp3) is 0.176. The molecule has 4 nitrogen and oxygen atoms in total. The molecule has 0 unspecified atom stereocenters. The third kappa shape index (κ3) is 4.79. The first-order valence-corrected chi connectivity index (χ1v) is 7.43. The van der Waals surface area contributed by atoms with E-state index in [0.717, 1.165) is 0 Å². The molecule has 23 heavy (non-hydrogen) atoms. The van der Waals surface area contributed by atoms with Gasteiger partial charge in [0.25, 0.3) is 0 Å². The Kier molecular flexibility index (Phi) is 5.71. The fourth-order valence-corrected chi connectivity index (χ4v) is 2.34. The molecule has 0 fully saturated rings. The van der Waals surface area contributed by atoms with Crippen molar-refractivity contribution in [2.24, 2.45) is 5.73 Å². The molecule has 2 N–H and O–H groups in total. The number of benzene rings is 2. The molecule has 0 heterocycles. The lowest BCUT2D eigenvalue weighted by atomic mass is 10.1. The first-order chi connectivity index (χ1) is 11.0. The average Bonchev–Trinajstić information content (AvgIpc) is 2.51. The van der Waals surface area contributed by atoms with Crippen molar-refractivity contribution in [2.45, 2.75) is 12.8 Å². The minimum Gasteiger partial charge on any atom is -0.370 e. The van der Waals surface area contributed by atoms with Crippen LogP contribution in [0.5, 0.6) is 0 Å². The second kappa shape index (κ2) is 7.74. The molecule has 2 aromatic carbocycles. The van der Waals surface area contributed by atoms with E-state index in [-0.39, 0.29) is 25.3 Å². The number of amides is 2. The number of carbonyl (C=O) groups is 2. The van der Waals surface area contributed by atoms with Crippen LogP contribution in [0.25, 0.3) is 0 Å². The largest absolute Gasteiger partial charge is 0.370 e. The number of carbonyl (C=O) groups excluding carboxylic acids is 2. The van der Waals surface area contributed by atoms with Crippen LogP contribution in [-0.4, -0.2) is 18.4 Å². The third-order valence-corrected chi connectivity index (χ3v) is 3.69. The number of nitrogens with two attached hydrogens (primary N) is 1. The molecule has 120 valence electrons. The maximum atomic E-state index is 13.1. The van der Waals surface area contributed by atoms with Crippen LogP contribution < -0.4 is 10.6 Å². The Balaban J connectivity index is 2.21. The van der Waals surface area contributed by atoms with Gasteiger partial charge < -0.3 is 10.6 Å². The Labute approximate surface area is 138 Å². The standard InChI is InChI=1S/C17H16ClFN2O2/c18-15-4-2-1-3-12(15)11-17(23)21(10-9-16(20)22)14-7-5-13(19)6-8-14/h1-8H,9-11H2,(H2,20,22). The summed E-state index contributed by atoms with van der Waals surface area (Å²) < 4.78 is 13.1. The van der Waals surface area contributed by atoms with E-state index in [0.29, 0.717) is 16.3 Å². The summed E-state index contributed by atoms with van der Waals surface area (Å²) >= 11 is 6.07. The summed E-state index contributed by atoms with van der Waals surface area (Å²) in [6.07, 6.45) is 0.0987. The molecule has 0 aliphatic carbocycles. The first-order valence-electron chi connectivity index (χ1n) is 7.05. The topological polar surface area (TPSA) is 63.4 Å². The van der Waals surface area contributed by atoms with Crippen molar-refractivity contribution in [1.82, 2.24) is 0 Å². The van der Waals surface area contributed by atoms with Gasteiger partial charge in [0.2, 0.25) is 11.8 Å². The molecule has 0 aliphatic rings. The van der Waals surface area contributed by atoms with Gasteiger partial charge >= 0.3 is 0 Å². The van der Waals surface area contributed by atoms with Gasteiger partial charge in [0.1, 0.15) is 5.82 Å². The Hall–Kier alpha value is -2.40. The molecule has 0 saturated heterocycles. The molecular weight excluding hydrogens is 319 g/mol. The van der Waals surface area contributed by atoms with Gasteiger partial charge in [-0.15, -0.1) is 0 Å². The highest BCUT2D eigenvalue weighted by Crippen LogP contribution is 2.20. The monoisotopic (exact) mass is 334 g/mol. The second-order valence-corrected chi connectivity index (χ2v) is 5.41. The Morgan fingerprint density at radius 1 is 1.09 bits per heavy atom. The van der Waals surface area contributed by atoms with Crippen LogP contribution in [0.2, 0.25) is 5.02 Å². The van der Waals surface area contributed by atoms with E-state index >= 15 is 0 Å². The maximum absolute atomic E-state index is 13.1. The summed E-state index contributed by atoms with van der Waals surface area (Å²) in [5, 5.41) is 0.495. The highest BCUT2D eigenvalue weighted by molar-refractivity contribution is 6.31. The molecule has 0 aliphatic heterocycles. The quantitative estimate of drug-likeness (QED) is 0.882. The van der Waals surface area contributed by atoms with Gasteiger partial charge in [-0.25, -0.2) is 4.39 Å². The van der Waals surface area contributed by atoms with Gasteiger partial charge in [-0.3, -0.25) is 9.59 Å². The third-order valence-electron chi connectivity index (χ3n) is 3.32. The smallest absolute Gasteiger partial charge is 0.231 e. The Morgan fingerprint density at radius 3 is 2.35 bits per heavy atom. The van der Waals surface area contributed by atoms with Crippen LogP contribution in [0.1, 0.15) is 12.0 Å². The van der Waals surface area contributed by atoms with Crippen LogP contribution >= 0.6 is 11.6 Å². The molecule has 2 rings (SSSR count). The van der Waals surface area contributed by atoms with Gasteiger partial charge in [-0.1, -0.05) is 29.8 Å². The van der Waals surface area contributed by atoms with E-state index in [1.54, 1.807) is 24.3 Å². The lowest BCUT2D eigenvalue weighted by Crippen LogP contribution is -2.35. The molecule has 2 aromatic rings. The summed E-state index contributed by atoms with van der Waals surface area (Å²) in [5.74, 6) is -1.16. The normalized spacial score (nSPS) is 10.3. The fourth-order valence-electron chi connectivity index (χ4n) is 2.14. The average molecular weight is 335 g/mol. The van der Waals surface area contributed by atoms with E-state index in [2.05, 4.69) is 0 Å². The molecule has 0 aromatic heterocycles. The predicted molar refractivity (Wildman–Crippen MR) is 87.7 cm³/mol. The van der Waals surface area contributed by atoms with Crippen LogP contribution in [0.3, 0.4) is 0 Å². The molecule has 0 bridgehead atoms. The van der Waals surface area contributed by atoms with Gasteiger partial charge in [0.05, 0.1) is 6.42 Å². The number of rotatable bonds is 6. The van der Waals surface area contributed by atoms with Crippen LogP contribution in [0.15, 0.2) is 48.5 Å². The highest BCUT2D eigenvalue weighted by atomic mass is 35.5.